The van der Waals surface area contributed by atoms with E-state index in [1.165, 1.54) is 10.4 Å². The standard InChI is InChI=1S/C18H27N3O2S2/c1-5-18(4)9-12-13(10-23-18)25-16-14(12)15(19-7-6-8-22)20-17(21-16)24-11(2)3/h11,22H,5-10H2,1-4H3,(H,19,20,21). The van der Waals surface area contributed by atoms with Gasteiger partial charge in [-0.15, -0.1) is 11.3 Å². The topological polar surface area (TPSA) is 67.3 Å². The van der Waals surface area contributed by atoms with Crippen LogP contribution in [0.2, 0.25) is 0 Å². The van der Waals surface area contributed by atoms with Crippen molar-refractivity contribution in [2.45, 2.75) is 69.6 Å². The first-order chi connectivity index (χ1) is 12.0. The summed E-state index contributed by atoms with van der Waals surface area (Å²) < 4.78 is 6.11. The summed E-state index contributed by atoms with van der Waals surface area (Å²) in [5.74, 6) is 0.902. The van der Waals surface area contributed by atoms with E-state index < -0.39 is 0 Å². The molecule has 25 heavy (non-hydrogen) atoms. The highest BCUT2D eigenvalue weighted by Crippen LogP contribution is 2.42. The molecule has 0 amide bonds. The normalized spacial score (nSPS) is 20.2. The van der Waals surface area contributed by atoms with Crippen molar-refractivity contribution in [1.29, 1.82) is 0 Å². The average molecular weight is 382 g/mol. The molecule has 2 N–H and O–H groups in total. The van der Waals surface area contributed by atoms with Crippen LogP contribution >= 0.6 is 23.1 Å². The molecule has 1 unspecified atom stereocenters. The van der Waals surface area contributed by atoms with Crippen molar-refractivity contribution in [2.75, 3.05) is 18.5 Å². The summed E-state index contributed by atoms with van der Waals surface area (Å²) in [4.78, 5) is 11.9. The molecular weight excluding hydrogens is 354 g/mol. The van der Waals surface area contributed by atoms with Crippen LogP contribution in [-0.2, 0) is 17.8 Å². The quantitative estimate of drug-likeness (QED) is 0.425. The Morgan fingerprint density at radius 3 is 2.88 bits per heavy atom. The minimum atomic E-state index is -0.116. The summed E-state index contributed by atoms with van der Waals surface area (Å²) in [5.41, 5.74) is 1.22. The van der Waals surface area contributed by atoms with E-state index in [0.29, 0.717) is 24.8 Å². The fraction of sp³-hybridized carbons (Fsp3) is 0.667. The molecule has 7 heteroatoms. The maximum absolute atomic E-state index is 9.09. The maximum atomic E-state index is 9.09. The molecule has 3 rings (SSSR count). The molecule has 5 nitrogen and oxygen atoms in total. The predicted molar refractivity (Wildman–Crippen MR) is 106 cm³/mol. The van der Waals surface area contributed by atoms with Crippen molar-refractivity contribution in [3.63, 3.8) is 0 Å². The number of hydrogen-bond acceptors (Lipinski definition) is 7. The molecule has 0 fully saturated rings. The highest BCUT2D eigenvalue weighted by Gasteiger charge is 2.33. The Labute approximate surface area is 157 Å². The van der Waals surface area contributed by atoms with E-state index in [1.54, 1.807) is 23.1 Å². The third-order valence-electron chi connectivity index (χ3n) is 4.53. The van der Waals surface area contributed by atoms with Crippen LogP contribution in [0.4, 0.5) is 5.82 Å². The molecule has 138 valence electrons. The zero-order chi connectivity index (χ0) is 18.0. The van der Waals surface area contributed by atoms with Crippen molar-refractivity contribution in [1.82, 2.24) is 9.97 Å². The Kier molecular flexibility index (Phi) is 5.88. The summed E-state index contributed by atoms with van der Waals surface area (Å²) in [6.45, 7) is 10.2. The molecule has 0 aliphatic carbocycles. The first-order valence-corrected chi connectivity index (χ1v) is 10.6. The van der Waals surface area contributed by atoms with E-state index in [0.717, 1.165) is 34.0 Å². The number of aliphatic hydroxyl groups excluding tert-OH is 1. The summed E-state index contributed by atoms with van der Waals surface area (Å²) in [6, 6.07) is 0. The highest BCUT2D eigenvalue weighted by atomic mass is 32.2. The molecule has 1 aliphatic rings. The van der Waals surface area contributed by atoms with Crippen molar-refractivity contribution in [2.24, 2.45) is 0 Å². The summed E-state index contributed by atoms with van der Waals surface area (Å²) >= 11 is 3.41. The molecule has 0 spiro atoms. The second-order valence-corrected chi connectivity index (χ2v) is 9.61. The van der Waals surface area contributed by atoms with Gasteiger partial charge in [-0.05, 0) is 25.3 Å². The SMILES string of the molecule is CCC1(C)Cc2c(sc3nc(SC(C)C)nc(NCCCO)c23)CO1. The van der Waals surface area contributed by atoms with Crippen LogP contribution in [0.5, 0.6) is 0 Å². The largest absolute Gasteiger partial charge is 0.396 e. The third kappa shape index (κ3) is 4.10. The lowest BCUT2D eigenvalue weighted by molar-refractivity contribution is -0.0542. The Morgan fingerprint density at radius 2 is 2.20 bits per heavy atom. The lowest BCUT2D eigenvalue weighted by Crippen LogP contribution is -2.34. The van der Waals surface area contributed by atoms with Crippen LogP contribution < -0.4 is 5.32 Å². The first kappa shape index (κ1) is 18.9. The van der Waals surface area contributed by atoms with Crippen LogP contribution in [-0.4, -0.2) is 39.1 Å². The number of nitrogens with one attached hydrogen (secondary N) is 1. The number of thiophene rings is 1. The smallest absolute Gasteiger partial charge is 0.191 e. The first-order valence-electron chi connectivity index (χ1n) is 8.93. The Morgan fingerprint density at radius 1 is 1.40 bits per heavy atom. The molecular formula is C18H27N3O2S2. The van der Waals surface area contributed by atoms with Gasteiger partial charge in [-0.25, -0.2) is 9.97 Å². The van der Waals surface area contributed by atoms with Gasteiger partial charge in [0, 0.05) is 29.7 Å². The lowest BCUT2D eigenvalue weighted by Gasteiger charge is -2.33. The van der Waals surface area contributed by atoms with Crippen LogP contribution in [0.1, 0.15) is 51.0 Å². The molecule has 0 saturated carbocycles. The molecule has 1 atom stereocenters. The molecule has 3 heterocycles. The van der Waals surface area contributed by atoms with E-state index in [1.807, 2.05) is 0 Å². The molecule has 0 bridgehead atoms. The number of thioether (sulfide) groups is 1. The Balaban J connectivity index is 2.06. The molecule has 2 aromatic rings. The van der Waals surface area contributed by atoms with Gasteiger partial charge in [0.2, 0.25) is 0 Å². The van der Waals surface area contributed by atoms with E-state index in [-0.39, 0.29) is 12.2 Å². The summed E-state index contributed by atoms with van der Waals surface area (Å²) in [7, 11) is 0. The van der Waals surface area contributed by atoms with E-state index in [2.05, 4.69) is 33.0 Å². The van der Waals surface area contributed by atoms with Gasteiger partial charge >= 0.3 is 0 Å². The molecule has 0 saturated heterocycles. The van der Waals surface area contributed by atoms with E-state index in [4.69, 9.17) is 19.8 Å². The molecule has 1 aliphatic heterocycles. The molecule has 2 aromatic heterocycles. The Hall–Kier alpha value is -0.890. The maximum Gasteiger partial charge on any atom is 0.191 e. The van der Waals surface area contributed by atoms with Crippen LogP contribution in [0.25, 0.3) is 10.2 Å². The van der Waals surface area contributed by atoms with Crippen LogP contribution in [0, 0.1) is 0 Å². The van der Waals surface area contributed by atoms with Crippen molar-refractivity contribution in [3.05, 3.63) is 10.4 Å². The van der Waals surface area contributed by atoms with E-state index in [9.17, 15) is 0 Å². The van der Waals surface area contributed by atoms with Gasteiger partial charge in [0.25, 0.3) is 0 Å². The predicted octanol–water partition coefficient (Wildman–Crippen LogP) is 4.23. The van der Waals surface area contributed by atoms with Crippen molar-refractivity contribution >= 4 is 39.1 Å². The van der Waals surface area contributed by atoms with Crippen molar-refractivity contribution in [3.8, 4) is 0 Å². The number of anilines is 1. The number of fused-ring (bicyclic) bond motifs is 3. The minimum absolute atomic E-state index is 0.116. The number of ether oxygens (including phenoxy) is 1. The fourth-order valence-electron chi connectivity index (χ4n) is 2.96. The second-order valence-electron chi connectivity index (χ2n) is 6.98. The Bertz CT molecular complexity index is 747. The van der Waals surface area contributed by atoms with Gasteiger partial charge < -0.3 is 15.2 Å². The third-order valence-corrected chi connectivity index (χ3v) is 6.50. The monoisotopic (exact) mass is 381 g/mol. The minimum Gasteiger partial charge on any atom is -0.396 e. The van der Waals surface area contributed by atoms with Gasteiger partial charge in [0.05, 0.1) is 17.6 Å². The molecule has 0 radical (unpaired) electrons. The van der Waals surface area contributed by atoms with Gasteiger partial charge in [0.1, 0.15) is 10.6 Å². The number of nitrogens with zero attached hydrogens (tertiary/aromatic N) is 2. The van der Waals surface area contributed by atoms with Crippen LogP contribution in [0.15, 0.2) is 5.16 Å². The highest BCUT2D eigenvalue weighted by molar-refractivity contribution is 7.99. The van der Waals surface area contributed by atoms with Crippen molar-refractivity contribution < 1.29 is 9.84 Å². The van der Waals surface area contributed by atoms with E-state index >= 15 is 0 Å². The second kappa shape index (κ2) is 7.78. The zero-order valence-corrected chi connectivity index (χ0v) is 17.0. The van der Waals surface area contributed by atoms with Gasteiger partial charge in [0.15, 0.2) is 5.16 Å². The number of hydrogen-bond donors (Lipinski definition) is 2. The zero-order valence-electron chi connectivity index (χ0n) is 15.4. The average Bonchev–Trinajstić information content (AvgIpc) is 2.92. The van der Waals surface area contributed by atoms with Gasteiger partial charge in [-0.2, -0.15) is 0 Å². The van der Waals surface area contributed by atoms with Gasteiger partial charge in [-0.1, -0.05) is 32.5 Å². The number of aliphatic hydroxyl groups is 1. The summed E-state index contributed by atoms with van der Waals surface area (Å²) in [5, 5.41) is 14.9. The fourth-order valence-corrected chi connectivity index (χ4v) is 4.83. The lowest BCUT2D eigenvalue weighted by atomic mass is 9.90. The molecule has 0 aromatic carbocycles. The summed E-state index contributed by atoms with van der Waals surface area (Å²) in [6.07, 6.45) is 2.59. The van der Waals surface area contributed by atoms with Gasteiger partial charge in [-0.3, -0.25) is 0 Å². The number of rotatable bonds is 7. The number of aromatic nitrogens is 2. The van der Waals surface area contributed by atoms with Crippen LogP contribution in [0.3, 0.4) is 0 Å².